The molecule has 8 heteroatoms. The molecule has 1 rings (SSSR count). The number of amides is 2. The van der Waals surface area contributed by atoms with Crippen LogP contribution in [0, 0.1) is 0 Å². The number of carbonyl (C=O) groups excluding carboxylic acids is 3. The molecule has 0 fully saturated rings. The molecule has 2 N–H and O–H groups in total. The van der Waals surface area contributed by atoms with Crippen LogP contribution >= 0.6 is 23.2 Å². The van der Waals surface area contributed by atoms with Crippen LogP contribution in [0.3, 0.4) is 0 Å². The number of halogens is 2. The summed E-state index contributed by atoms with van der Waals surface area (Å²) in [6.45, 7) is 1.68. The third-order valence-corrected chi connectivity index (χ3v) is 2.59. The van der Waals surface area contributed by atoms with Gasteiger partial charge >= 0.3 is 5.97 Å². The number of hydrogen-bond donors (Lipinski definition) is 2. The van der Waals surface area contributed by atoms with Crippen molar-refractivity contribution in [2.75, 3.05) is 11.9 Å². The Labute approximate surface area is 125 Å². The highest BCUT2D eigenvalue weighted by atomic mass is 35.5. The first-order valence-electron chi connectivity index (χ1n) is 5.61. The second-order valence-corrected chi connectivity index (χ2v) is 4.49. The molecule has 6 nitrogen and oxygen atoms in total. The molecular weight excluding hydrogens is 307 g/mol. The van der Waals surface area contributed by atoms with Crippen LogP contribution in [-0.4, -0.2) is 30.9 Å². The summed E-state index contributed by atoms with van der Waals surface area (Å²) in [5, 5.41) is 5.15. The van der Waals surface area contributed by atoms with Crippen LogP contribution in [0.5, 0.6) is 0 Å². The van der Waals surface area contributed by atoms with E-state index >= 15 is 0 Å². The molecular formula is C12H12Cl2N2O4. The Bertz CT molecular complexity index is 502. The van der Waals surface area contributed by atoms with Crippen molar-refractivity contribution in [1.29, 1.82) is 0 Å². The largest absolute Gasteiger partial charge is 0.464 e. The summed E-state index contributed by atoms with van der Waals surface area (Å²) in [4.78, 5) is 33.9. The van der Waals surface area contributed by atoms with Crippen molar-refractivity contribution in [3.05, 3.63) is 28.2 Å². The van der Waals surface area contributed by atoms with Gasteiger partial charge in [-0.3, -0.25) is 9.59 Å². The normalized spacial score (nSPS) is 11.3. The van der Waals surface area contributed by atoms with Crippen molar-refractivity contribution < 1.29 is 19.1 Å². The van der Waals surface area contributed by atoms with Crippen molar-refractivity contribution >= 4 is 47.2 Å². The zero-order valence-corrected chi connectivity index (χ0v) is 12.0. The number of anilines is 1. The smallest absolute Gasteiger partial charge is 0.338 e. The average Bonchev–Trinajstić information content (AvgIpc) is 2.34. The van der Waals surface area contributed by atoms with Crippen molar-refractivity contribution in [1.82, 2.24) is 5.32 Å². The van der Waals surface area contributed by atoms with Crippen molar-refractivity contribution in [2.45, 2.75) is 13.0 Å². The van der Waals surface area contributed by atoms with Crippen molar-refractivity contribution in [2.24, 2.45) is 0 Å². The molecule has 2 amide bonds. The topological polar surface area (TPSA) is 84.5 Å². The molecule has 1 aromatic carbocycles. The highest BCUT2D eigenvalue weighted by molar-refractivity contribution is 6.35. The zero-order valence-electron chi connectivity index (χ0n) is 10.5. The van der Waals surface area contributed by atoms with E-state index in [0.29, 0.717) is 15.7 Å². The fourth-order valence-corrected chi connectivity index (χ4v) is 1.91. The summed E-state index contributed by atoms with van der Waals surface area (Å²) in [6, 6.07) is 2.96. The summed E-state index contributed by atoms with van der Waals surface area (Å²) in [6.07, 6.45) is 0.242. The van der Waals surface area contributed by atoms with E-state index in [4.69, 9.17) is 23.2 Å². The lowest BCUT2D eigenvalue weighted by molar-refractivity contribution is -0.149. The first kappa shape index (κ1) is 16.3. The molecule has 1 aromatic rings. The SMILES string of the molecule is CCOC(=O)C(NC=O)C(=O)Nc1cc(Cl)cc(Cl)c1. The molecule has 0 aliphatic carbocycles. The Balaban J connectivity index is 2.84. The van der Waals surface area contributed by atoms with Gasteiger partial charge in [0.05, 0.1) is 6.61 Å². The maximum Gasteiger partial charge on any atom is 0.338 e. The molecule has 0 saturated carbocycles. The molecule has 20 heavy (non-hydrogen) atoms. The van der Waals surface area contributed by atoms with Gasteiger partial charge in [-0.1, -0.05) is 23.2 Å². The predicted molar refractivity (Wildman–Crippen MR) is 74.7 cm³/mol. The number of benzene rings is 1. The fourth-order valence-electron chi connectivity index (χ4n) is 1.38. The number of ether oxygens (including phenoxy) is 1. The van der Waals surface area contributed by atoms with E-state index in [1.165, 1.54) is 18.2 Å². The summed E-state index contributed by atoms with van der Waals surface area (Å²) in [5.74, 6) is -1.61. The summed E-state index contributed by atoms with van der Waals surface area (Å²) in [7, 11) is 0. The molecule has 0 aromatic heterocycles. The Morgan fingerprint density at radius 2 is 1.90 bits per heavy atom. The van der Waals surface area contributed by atoms with Gasteiger partial charge in [0.1, 0.15) is 0 Å². The van der Waals surface area contributed by atoms with Gasteiger partial charge in [0.2, 0.25) is 12.5 Å². The van der Waals surface area contributed by atoms with Gasteiger partial charge in [0.25, 0.3) is 5.91 Å². The number of esters is 1. The predicted octanol–water partition coefficient (Wildman–Crippen LogP) is 1.61. The number of carbonyl (C=O) groups is 3. The molecule has 0 aliphatic heterocycles. The second-order valence-electron chi connectivity index (χ2n) is 3.62. The number of hydrogen-bond acceptors (Lipinski definition) is 4. The minimum absolute atomic E-state index is 0.0894. The molecule has 0 aliphatic rings. The standard InChI is InChI=1S/C12H12Cl2N2O4/c1-2-20-12(19)10(15-6-17)11(18)16-9-4-7(13)3-8(14)5-9/h3-6,10H,2H2,1H3,(H,15,17)(H,16,18). The third-order valence-electron chi connectivity index (χ3n) is 2.15. The molecule has 0 heterocycles. The van der Waals surface area contributed by atoms with E-state index < -0.39 is 17.9 Å². The van der Waals surface area contributed by atoms with Crippen molar-refractivity contribution in [3.8, 4) is 0 Å². The van der Waals surface area contributed by atoms with Crippen LogP contribution in [0.25, 0.3) is 0 Å². The summed E-state index contributed by atoms with van der Waals surface area (Å²) < 4.78 is 4.69. The molecule has 0 saturated heterocycles. The van der Waals surface area contributed by atoms with Crippen LogP contribution < -0.4 is 10.6 Å². The lowest BCUT2D eigenvalue weighted by Crippen LogP contribution is -2.46. The third kappa shape index (κ3) is 4.71. The second kappa shape index (κ2) is 7.72. The Morgan fingerprint density at radius 3 is 2.40 bits per heavy atom. The van der Waals surface area contributed by atoms with Gasteiger partial charge in [-0.05, 0) is 25.1 Å². The lowest BCUT2D eigenvalue weighted by Gasteiger charge is -2.14. The molecule has 1 unspecified atom stereocenters. The minimum atomic E-state index is -1.44. The van der Waals surface area contributed by atoms with Gasteiger partial charge in [-0.2, -0.15) is 0 Å². The van der Waals surface area contributed by atoms with E-state index in [2.05, 4.69) is 15.4 Å². The Hall–Kier alpha value is -1.79. The van der Waals surface area contributed by atoms with Gasteiger partial charge in [-0.15, -0.1) is 0 Å². The maximum atomic E-state index is 11.9. The number of rotatable bonds is 6. The molecule has 108 valence electrons. The lowest BCUT2D eigenvalue weighted by atomic mass is 10.2. The molecule has 0 radical (unpaired) electrons. The van der Waals surface area contributed by atoms with Gasteiger partial charge in [0, 0.05) is 15.7 Å². The molecule has 1 atom stereocenters. The van der Waals surface area contributed by atoms with Gasteiger partial charge in [0.15, 0.2) is 0 Å². The first-order valence-corrected chi connectivity index (χ1v) is 6.36. The van der Waals surface area contributed by atoms with E-state index in [-0.39, 0.29) is 13.0 Å². The van der Waals surface area contributed by atoms with E-state index in [1.54, 1.807) is 6.92 Å². The van der Waals surface area contributed by atoms with Crippen LogP contribution in [0.2, 0.25) is 10.0 Å². The monoisotopic (exact) mass is 318 g/mol. The highest BCUT2D eigenvalue weighted by Gasteiger charge is 2.27. The van der Waals surface area contributed by atoms with Gasteiger partial charge < -0.3 is 15.4 Å². The van der Waals surface area contributed by atoms with E-state index in [0.717, 1.165) is 0 Å². The van der Waals surface area contributed by atoms with Gasteiger partial charge in [-0.25, -0.2) is 4.79 Å². The molecule has 0 spiro atoms. The van der Waals surface area contributed by atoms with Crippen LogP contribution in [0.1, 0.15) is 6.92 Å². The average molecular weight is 319 g/mol. The minimum Gasteiger partial charge on any atom is -0.464 e. The van der Waals surface area contributed by atoms with Crippen LogP contribution in [0.15, 0.2) is 18.2 Å². The quantitative estimate of drug-likeness (QED) is 0.474. The fraction of sp³-hybridized carbons (Fsp3) is 0.250. The summed E-state index contributed by atoms with van der Waals surface area (Å²) >= 11 is 11.6. The molecule has 0 bridgehead atoms. The Morgan fingerprint density at radius 1 is 1.30 bits per heavy atom. The van der Waals surface area contributed by atoms with Crippen LogP contribution in [-0.2, 0) is 19.1 Å². The first-order chi connectivity index (χ1) is 9.47. The maximum absolute atomic E-state index is 11.9. The zero-order chi connectivity index (χ0) is 15.1. The van der Waals surface area contributed by atoms with E-state index in [9.17, 15) is 14.4 Å². The van der Waals surface area contributed by atoms with Crippen LogP contribution in [0.4, 0.5) is 5.69 Å². The van der Waals surface area contributed by atoms with Crippen molar-refractivity contribution in [3.63, 3.8) is 0 Å². The number of nitrogens with one attached hydrogen (secondary N) is 2. The van der Waals surface area contributed by atoms with E-state index in [1.807, 2.05) is 0 Å². The Kier molecular flexibility index (Phi) is 6.27. The highest BCUT2D eigenvalue weighted by Crippen LogP contribution is 2.22. The summed E-state index contributed by atoms with van der Waals surface area (Å²) in [5.41, 5.74) is 0.300.